The van der Waals surface area contributed by atoms with E-state index in [2.05, 4.69) is 5.32 Å². The fourth-order valence-electron chi connectivity index (χ4n) is 2.07. The number of rotatable bonds is 4. The molecule has 2 aromatic carbocycles. The summed E-state index contributed by atoms with van der Waals surface area (Å²) in [6.07, 6.45) is 1.68. The zero-order chi connectivity index (χ0) is 18.0. The van der Waals surface area contributed by atoms with Crippen LogP contribution in [0.25, 0.3) is 6.08 Å². The molecule has 1 N–H and O–H groups in total. The number of hydrogen-bond acceptors (Lipinski definition) is 6. The first-order valence-electron chi connectivity index (χ1n) is 7.19. The molecule has 0 atom stereocenters. The molecule has 0 bridgehead atoms. The molecule has 1 aliphatic heterocycles. The predicted octanol–water partition coefficient (Wildman–Crippen LogP) is 3.25. The van der Waals surface area contributed by atoms with Gasteiger partial charge < -0.3 is 9.50 Å². The summed E-state index contributed by atoms with van der Waals surface area (Å²) in [6.45, 7) is 1.88. The number of aryl methyl sites for hydroxylation is 1. The highest BCUT2D eigenvalue weighted by Gasteiger charge is 2.22. The van der Waals surface area contributed by atoms with Crippen molar-refractivity contribution in [3.05, 3.63) is 64.6 Å². The number of benzene rings is 2. The van der Waals surface area contributed by atoms with Crippen LogP contribution in [0.1, 0.15) is 11.1 Å². The molecule has 0 aromatic heterocycles. The number of carbonyl (C=O) groups is 1. The summed E-state index contributed by atoms with van der Waals surface area (Å²) in [5, 5.41) is 2.53. The number of thiocarbonyl (C=S) groups is 1. The van der Waals surface area contributed by atoms with Crippen LogP contribution < -0.4 is 9.50 Å². The van der Waals surface area contributed by atoms with Crippen molar-refractivity contribution in [1.82, 2.24) is 5.32 Å². The average molecular weight is 391 g/mol. The van der Waals surface area contributed by atoms with Crippen LogP contribution >= 0.6 is 24.0 Å². The SMILES string of the molecule is Cc1ccc(S(=O)(=O)Oc2ccc(/C=C3/SC(=S)NC3=O)cc2)cc1. The molecule has 1 fully saturated rings. The Morgan fingerprint density at radius 3 is 2.28 bits per heavy atom. The molecule has 1 saturated heterocycles. The summed E-state index contributed by atoms with van der Waals surface area (Å²) >= 11 is 6.11. The van der Waals surface area contributed by atoms with E-state index in [0.29, 0.717) is 9.23 Å². The van der Waals surface area contributed by atoms with Crippen LogP contribution in [0.5, 0.6) is 5.75 Å². The molecule has 8 heteroatoms. The van der Waals surface area contributed by atoms with E-state index < -0.39 is 10.1 Å². The molecule has 0 aliphatic carbocycles. The van der Waals surface area contributed by atoms with Crippen molar-refractivity contribution in [2.45, 2.75) is 11.8 Å². The normalized spacial score (nSPS) is 16.1. The number of hydrogen-bond donors (Lipinski definition) is 1. The minimum Gasteiger partial charge on any atom is -0.379 e. The number of nitrogens with one attached hydrogen (secondary N) is 1. The summed E-state index contributed by atoms with van der Waals surface area (Å²) in [4.78, 5) is 12.2. The van der Waals surface area contributed by atoms with Crippen LogP contribution in [0, 0.1) is 6.92 Å². The lowest BCUT2D eigenvalue weighted by atomic mass is 10.2. The third kappa shape index (κ3) is 4.28. The highest BCUT2D eigenvalue weighted by atomic mass is 32.2. The molecule has 25 heavy (non-hydrogen) atoms. The van der Waals surface area contributed by atoms with Crippen molar-refractivity contribution in [3.63, 3.8) is 0 Å². The minimum atomic E-state index is -3.88. The smallest absolute Gasteiger partial charge is 0.339 e. The Morgan fingerprint density at radius 2 is 1.72 bits per heavy atom. The van der Waals surface area contributed by atoms with E-state index in [9.17, 15) is 13.2 Å². The molecule has 1 aliphatic rings. The van der Waals surface area contributed by atoms with E-state index in [1.165, 1.54) is 36.0 Å². The van der Waals surface area contributed by atoms with Crippen LogP contribution in [0.4, 0.5) is 0 Å². The molecular weight excluding hydrogens is 378 g/mol. The Labute approximate surface area is 155 Å². The van der Waals surface area contributed by atoms with E-state index in [1.54, 1.807) is 30.3 Å². The molecule has 0 saturated carbocycles. The standard InChI is InChI=1S/C17H13NO4S3/c1-11-2-8-14(9-3-11)25(20,21)22-13-6-4-12(5-7-13)10-15-16(19)18-17(23)24-15/h2-10H,1H3,(H,18,19,23)/b15-10+. The Balaban J connectivity index is 1.77. The highest BCUT2D eigenvalue weighted by molar-refractivity contribution is 8.26. The molecule has 2 aromatic rings. The molecule has 5 nitrogen and oxygen atoms in total. The van der Waals surface area contributed by atoms with Crippen LogP contribution in [-0.4, -0.2) is 18.6 Å². The summed E-state index contributed by atoms with van der Waals surface area (Å²) < 4.78 is 30.1. The molecule has 0 spiro atoms. The lowest BCUT2D eigenvalue weighted by Gasteiger charge is -2.07. The number of amides is 1. The summed E-state index contributed by atoms with van der Waals surface area (Å²) in [5.41, 5.74) is 1.70. The zero-order valence-corrected chi connectivity index (χ0v) is 15.5. The van der Waals surface area contributed by atoms with Crippen LogP contribution in [0.3, 0.4) is 0 Å². The van der Waals surface area contributed by atoms with Crippen molar-refractivity contribution in [1.29, 1.82) is 0 Å². The minimum absolute atomic E-state index is 0.0943. The molecule has 128 valence electrons. The Hall–Kier alpha value is -2.16. The van der Waals surface area contributed by atoms with Gasteiger partial charge in [-0.15, -0.1) is 0 Å². The van der Waals surface area contributed by atoms with Crippen LogP contribution in [-0.2, 0) is 14.9 Å². The maximum atomic E-state index is 12.3. The van der Waals surface area contributed by atoms with Gasteiger partial charge in [0, 0.05) is 0 Å². The van der Waals surface area contributed by atoms with Crippen molar-refractivity contribution < 1.29 is 17.4 Å². The predicted molar refractivity (Wildman–Crippen MR) is 102 cm³/mol. The van der Waals surface area contributed by atoms with Crippen LogP contribution in [0.2, 0.25) is 0 Å². The van der Waals surface area contributed by atoms with Gasteiger partial charge in [0.15, 0.2) is 0 Å². The van der Waals surface area contributed by atoms with E-state index in [-0.39, 0.29) is 16.6 Å². The second kappa shape index (κ2) is 6.99. The van der Waals surface area contributed by atoms with Gasteiger partial charge in [-0.05, 0) is 42.8 Å². The van der Waals surface area contributed by atoms with Gasteiger partial charge in [0.25, 0.3) is 5.91 Å². The van der Waals surface area contributed by atoms with Crippen molar-refractivity contribution in [2.24, 2.45) is 0 Å². The number of thioether (sulfide) groups is 1. The van der Waals surface area contributed by atoms with Gasteiger partial charge in [-0.1, -0.05) is 53.8 Å². The first kappa shape index (κ1) is 17.7. The Morgan fingerprint density at radius 1 is 1.08 bits per heavy atom. The third-order valence-corrected chi connectivity index (χ3v) is 5.76. The van der Waals surface area contributed by atoms with Crippen molar-refractivity contribution in [2.75, 3.05) is 0 Å². The second-order valence-electron chi connectivity index (χ2n) is 5.27. The molecule has 1 heterocycles. The van der Waals surface area contributed by atoms with E-state index in [4.69, 9.17) is 16.4 Å². The summed E-state index contributed by atoms with van der Waals surface area (Å²) in [6, 6.07) is 12.8. The first-order valence-corrected chi connectivity index (χ1v) is 9.83. The largest absolute Gasteiger partial charge is 0.379 e. The van der Waals surface area contributed by atoms with Gasteiger partial charge in [-0.3, -0.25) is 4.79 Å². The lowest BCUT2D eigenvalue weighted by Crippen LogP contribution is -2.17. The van der Waals surface area contributed by atoms with Gasteiger partial charge in [-0.25, -0.2) is 0 Å². The Bertz CT molecular complexity index is 962. The topological polar surface area (TPSA) is 72.5 Å². The molecule has 0 unspecified atom stereocenters. The quantitative estimate of drug-likeness (QED) is 0.490. The van der Waals surface area contributed by atoms with E-state index in [1.807, 2.05) is 6.92 Å². The summed E-state index contributed by atoms with van der Waals surface area (Å²) in [5.74, 6) is -0.0425. The molecule has 3 rings (SSSR count). The first-order chi connectivity index (χ1) is 11.8. The van der Waals surface area contributed by atoms with Crippen molar-refractivity contribution >= 4 is 50.4 Å². The van der Waals surface area contributed by atoms with Gasteiger partial charge in [0.1, 0.15) is 15.0 Å². The average Bonchev–Trinajstić information content (AvgIpc) is 2.87. The summed E-state index contributed by atoms with van der Waals surface area (Å²) in [7, 11) is -3.88. The van der Waals surface area contributed by atoms with Gasteiger partial charge in [-0.2, -0.15) is 8.42 Å². The highest BCUT2D eigenvalue weighted by Crippen LogP contribution is 2.27. The zero-order valence-electron chi connectivity index (χ0n) is 13.1. The van der Waals surface area contributed by atoms with Crippen LogP contribution in [0.15, 0.2) is 58.3 Å². The lowest BCUT2D eigenvalue weighted by molar-refractivity contribution is -0.115. The maximum absolute atomic E-state index is 12.3. The van der Waals surface area contributed by atoms with Gasteiger partial charge >= 0.3 is 10.1 Å². The fourth-order valence-corrected chi connectivity index (χ4v) is 4.05. The van der Waals surface area contributed by atoms with Crippen molar-refractivity contribution in [3.8, 4) is 5.75 Å². The third-order valence-electron chi connectivity index (χ3n) is 3.34. The van der Waals surface area contributed by atoms with Gasteiger partial charge in [0.05, 0.1) is 4.91 Å². The molecule has 1 amide bonds. The fraction of sp³-hybridized carbons (Fsp3) is 0.0588. The van der Waals surface area contributed by atoms with E-state index >= 15 is 0 Å². The van der Waals surface area contributed by atoms with E-state index in [0.717, 1.165) is 11.1 Å². The maximum Gasteiger partial charge on any atom is 0.339 e. The monoisotopic (exact) mass is 391 g/mol. The molecular formula is C17H13NO4S3. The van der Waals surface area contributed by atoms with Gasteiger partial charge in [0.2, 0.25) is 0 Å². The number of carbonyl (C=O) groups excluding carboxylic acids is 1. The second-order valence-corrected chi connectivity index (χ2v) is 8.54. The Kier molecular flexibility index (Phi) is 4.94. The molecule has 0 radical (unpaired) electrons.